The van der Waals surface area contributed by atoms with Gasteiger partial charge in [-0.25, -0.2) is 4.57 Å². The number of nitrogens with zero attached hydrogens (tertiary/aromatic N) is 2. The lowest BCUT2D eigenvalue weighted by Crippen LogP contribution is -2.28. The standard InChI is InChI=1S/C8H9N2S2/c1-10-7-6(4-3-5-9-7)12-8(10)11-2/h3-5H,1-2H3/q+1. The van der Waals surface area contributed by atoms with Crippen LogP contribution < -0.4 is 4.57 Å². The van der Waals surface area contributed by atoms with E-state index >= 15 is 0 Å². The van der Waals surface area contributed by atoms with Crippen molar-refractivity contribution in [1.82, 2.24) is 4.98 Å². The van der Waals surface area contributed by atoms with E-state index in [-0.39, 0.29) is 0 Å². The smallest absolute Gasteiger partial charge is 0.211 e. The second-order valence-electron chi connectivity index (χ2n) is 2.46. The molecule has 0 aliphatic rings. The minimum absolute atomic E-state index is 1.08. The van der Waals surface area contributed by atoms with Gasteiger partial charge in [-0.3, -0.25) is 0 Å². The first-order chi connectivity index (χ1) is 5.83. The van der Waals surface area contributed by atoms with Crippen LogP contribution in [0.1, 0.15) is 0 Å². The number of thioether (sulfide) groups is 1. The normalized spacial score (nSPS) is 10.8. The maximum absolute atomic E-state index is 4.31. The predicted molar refractivity (Wildman–Crippen MR) is 52.6 cm³/mol. The van der Waals surface area contributed by atoms with Crippen LogP contribution in [0.3, 0.4) is 0 Å². The molecule has 2 nitrogen and oxygen atoms in total. The van der Waals surface area contributed by atoms with Gasteiger partial charge in [0.25, 0.3) is 0 Å². The van der Waals surface area contributed by atoms with E-state index in [1.165, 1.54) is 9.04 Å². The number of hydrogen-bond acceptors (Lipinski definition) is 3. The van der Waals surface area contributed by atoms with Crippen LogP contribution in [0, 0.1) is 0 Å². The van der Waals surface area contributed by atoms with Gasteiger partial charge in [0.2, 0.25) is 4.34 Å². The summed E-state index contributed by atoms with van der Waals surface area (Å²) in [5.74, 6) is 0. The van der Waals surface area contributed by atoms with Gasteiger partial charge in [0.1, 0.15) is 10.9 Å². The van der Waals surface area contributed by atoms with E-state index in [1.807, 2.05) is 12.3 Å². The molecule has 62 valence electrons. The largest absolute Gasteiger partial charge is 0.341 e. The summed E-state index contributed by atoms with van der Waals surface area (Å²) in [4.78, 5) is 4.31. The lowest BCUT2D eigenvalue weighted by atomic mass is 10.5. The summed E-state index contributed by atoms with van der Waals surface area (Å²) < 4.78 is 4.68. The molecule has 0 atom stereocenters. The third kappa shape index (κ3) is 1.11. The highest BCUT2D eigenvalue weighted by atomic mass is 32.2. The number of hydrogen-bond donors (Lipinski definition) is 0. The fourth-order valence-corrected chi connectivity index (χ4v) is 2.94. The fourth-order valence-electron chi connectivity index (χ4n) is 1.14. The van der Waals surface area contributed by atoms with Crippen molar-refractivity contribution < 1.29 is 4.57 Å². The fraction of sp³-hybridized carbons (Fsp3) is 0.250. The molecule has 0 bridgehead atoms. The molecular formula is C8H9N2S2+. The van der Waals surface area contributed by atoms with Crippen molar-refractivity contribution in [1.29, 1.82) is 0 Å². The van der Waals surface area contributed by atoms with Gasteiger partial charge in [0.15, 0.2) is 0 Å². The van der Waals surface area contributed by atoms with E-state index < -0.39 is 0 Å². The maximum atomic E-state index is 4.31. The second-order valence-corrected chi connectivity index (χ2v) is 4.54. The molecule has 0 saturated carbocycles. The van der Waals surface area contributed by atoms with Crippen molar-refractivity contribution in [2.24, 2.45) is 7.05 Å². The van der Waals surface area contributed by atoms with E-state index in [4.69, 9.17) is 0 Å². The van der Waals surface area contributed by atoms with Gasteiger partial charge in [-0.1, -0.05) is 23.1 Å². The van der Waals surface area contributed by atoms with Crippen LogP contribution >= 0.6 is 23.1 Å². The molecule has 2 rings (SSSR count). The summed E-state index contributed by atoms with van der Waals surface area (Å²) in [6.07, 6.45) is 3.92. The summed E-state index contributed by atoms with van der Waals surface area (Å²) in [7, 11) is 2.05. The Balaban J connectivity index is 2.78. The summed E-state index contributed by atoms with van der Waals surface area (Å²) in [6, 6.07) is 4.08. The maximum Gasteiger partial charge on any atom is 0.341 e. The van der Waals surface area contributed by atoms with Crippen LogP contribution in [-0.2, 0) is 7.05 Å². The topological polar surface area (TPSA) is 16.8 Å². The number of aryl methyl sites for hydroxylation is 1. The number of rotatable bonds is 1. The molecule has 12 heavy (non-hydrogen) atoms. The summed E-state index contributed by atoms with van der Waals surface area (Å²) in [6.45, 7) is 0. The third-order valence-electron chi connectivity index (χ3n) is 1.71. The monoisotopic (exact) mass is 197 g/mol. The Hall–Kier alpha value is -0.610. The van der Waals surface area contributed by atoms with E-state index in [9.17, 15) is 0 Å². The summed E-state index contributed by atoms with van der Waals surface area (Å²) >= 11 is 3.55. The highest BCUT2D eigenvalue weighted by molar-refractivity contribution is 8.00. The zero-order chi connectivity index (χ0) is 8.55. The first kappa shape index (κ1) is 8.01. The number of fused-ring (bicyclic) bond motifs is 1. The highest BCUT2D eigenvalue weighted by Crippen LogP contribution is 2.23. The SMILES string of the molecule is CSc1sc2cccnc2[n+]1C. The number of aromatic nitrogens is 2. The highest BCUT2D eigenvalue weighted by Gasteiger charge is 2.14. The molecule has 0 saturated heterocycles. The second kappa shape index (κ2) is 3.03. The Labute approximate surface area is 79.3 Å². The van der Waals surface area contributed by atoms with Crippen LogP contribution in [-0.4, -0.2) is 11.2 Å². The van der Waals surface area contributed by atoms with Crippen molar-refractivity contribution in [2.75, 3.05) is 6.26 Å². The molecule has 2 heterocycles. The lowest BCUT2D eigenvalue weighted by Gasteiger charge is -1.86. The Morgan fingerprint density at radius 2 is 2.42 bits per heavy atom. The van der Waals surface area contributed by atoms with Gasteiger partial charge >= 0.3 is 5.65 Å². The average Bonchev–Trinajstić information content (AvgIpc) is 2.44. The van der Waals surface area contributed by atoms with Crippen molar-refractivity contribution >= 4 is 33.4 Å². The van der Waals surface area contributed by atoms with Crippen molar-refractivity contribution in [3.8, 4) is 0 Å². The van der Waals surface area contributed by atoms with Gasteiger partial charge < -0.3 is 0 Å². The molecule has 0 aliphatic heterocycles. The lowest BCUT2D eigenvalue weighted by molar-refractivity contribution is -0.678. The Bertz CT molecular complexity index is 408. The van der Waals surface area contributed by atoms with Crippen LogP contribution in [0.4, 0.5) is 0 Å². The number of thiazole rings is 1. The van der Waals surface area contributed by atoms with Gasteiger partial charge in [-0.05, 0) is 23.4 Å². The van der Waals surface area contributed by atoms with Gasteiger partial charge in [-0.2, -0.15) is 0 Å². The Morgan fingerprint density at radius 1 is 1.58 bits per heavy atom. The van der Waals surface area contributed by atoms with Crippen molar-refractivity contribution in [3.05, 3.63) is 18.3 Å². The van der Waals surface area contributed by atoms with E-state index in [0.29, 0.717) is 0 Å². The zero-order valence-corrected chi connectivity index (χ0v) is 8.58. The van der Waals surface area contributed by atoms with Crippen molar-refractivity contribution in [3.63, 3.8) is 0 Å². The molecule has 0 radical (unpaired) electrons. The van der Waals surface area contributed by atoms with Gasteiger partial charge in [0.05, 0.1) is 7.05 Å². The van der Waals surface area contributed by atoms with Crippen molar-refractivity contribution in [2.45, 2.75) is 4.34 Å². The van der Waals surface area contributed by atoms with Crippen LogP contribution in [0.2, 0.25) is 0 Å². The predicted octanol–water partition coefficient (Wildman–Crippen LogP) is 1.84. The summed E-state index contributed by atoms with van der Waals surface area (Å²) in [5.41, 5.74) is 1.08. The number of pyridine rings is 1. The Kier molecular flexibility index (Phi) is 2.02. The molecule has 0 spiro atoms. The first-order valence-electron chi connectivity index (χ1n) is 3.60. The Morgan fingerprint density at radius 3 is 3.08 bits per heavy atom. The van der Waals surface area contributed by atoms with Gasteiger partial charge in [0, 0.05) is 0 Å². The molecule has 0 amide bonds. The van der Waals surface area contributed by atoms with E-state index in [0.717, 1.165) is 5.65 Å². The molecule has 2 aromatic rings. The van der Waals surface area contributed by atoms with E-state index in [1.54, 1.807) is 23.1 Å². The quantitative estimate of drug-likeness (QED) is 0.512. The molecule has 0 aliphatic carbocycles. The molecule has 0 N–H and O–H groups in total. The summed E-state index contributed by atoms with van der Waals surface area (Å²) in [5, 5.41) is 0. The van der Waals surface area contributed by atoms with Crippen LogP contribution in [0.5, 0.6) is 0 Å². The average molecular weight is 197 g/mol. The third-order valence-corrected chi connectivity index (χ3v) is 4.07. The zero-order valence-electron chi connectivity index (χ0n) is 6.94. The van der Waals surface area contributed by atoms with Crippen LogP contribution in [0.25, 0.3) is 10.3 Å². The molecule has 2 aromatic heterocycles. The molecule has 4 heteroatoms. The van der Waals surface area contributed by atoms with E-state index in [2.05, 4.69) is 28.9 Å². The first-order valence-corrected chi connectivity index (χ1v) is 5.64. The molecule has 0 fully saturated rings. The molecular weight excluding hydrogens is 188 g/mol. The molecule has 0 unspecified atom stereocenters. The van der Waals surface area contributed by atoms with Crippen LogP contribution in [0.15, 0.2) is 22.7 Å². The minimum Gasteiger partial charge on any atom is -0.211 e. The minimum atomic E-state index is 1.08. The molecule has 0 aromatic carbocycles. The van der Waals surface area contributed by atoms with Gasteiger partial charge in [-0.15, -0.1) is 0 Å².